The van der Waals surface area contributed by atoms with E-state index in [0.29, 0.717) is 11.1 Å². The van der Waals surface area contributed by atoms with Crippen LogP contribution in [0.1, 0.15) is 5.56 Å². The zero-order chi connectivity index (χ0) is 10.4. The molecule has 3 heteroatoms. The summed E-state index contributed by atoms with van der Waals surface area (Å²) in [6, 6.07) is 11.8. The van der Waals surface area contributed by atoms with Crippen molar-refractivity contribution < 1.29 is 32.7 Å². The Bertz CT molecular complexity index is 431. The molecule has 1 aromatic rings. The summed E-state index contributed by atoms with van der Waals surface area (Å²) < 4.78 is 0. The summed E-state index contributed by atoms with van der Waals surface area (Å²) in [4.78, 5) is 3.10. The average Bonchev–Trinajstić information content (AvgIpc) is 2.27. The van der Waals surface area contributed by atoms with E-state index in [2.05, 4.69) is 23.6 Å². The minimum Gasteiger partial charge on any atom is -0.247 e. The summed E-state index contributed by atoms with van der Waals surface area (Å²) in [5.74, 6) is 0. The Hall–Kier alpha value is -1.22. The molecule has 0 aromatic heterocycles. The normalized spacial score (nSPS) is 10.0. The first-order valence-electron chi connectivity index (χ1n) is 3.85. The van der Waals surface area contributed by atoms with Crippen molar-refractivity contribution in [2.45, 2.75) is 0 Å². The van der Waals surface area contributed by atoms with Crippen LogP contribution in [-0.2, 0) is 32.7 Å². The summed E-state index contributed by atoms with van der Waals surface area (Å²) in [5.41, 5.74) is 1.06. The molecule has 0 saturated heterocycles. The molecule has 0 N–H and O–H groups in total. The van der Waals surface area contributed by atoms with Gasteiger partial charge >= 0.3 is 0 Å². The fourth-order valence-corrected chi connectivity index (χ4v) is 0.992. The van der Waals surface area contributed by atoms with E-state index in [9.17, 15) is 0 Å². The summed E-state index contributed by atoms with van der Waals surface area (Å²) >= 11 is 0. The Morgan fingerprint density at radius 2 is 2.33 bits per heavy atom. The van der Waals surface area contributed by atoms with E-state index in [1.165, 1.54) is 0 Å². The second kappa shape index (κ2) is 7.13. The van der Waals surface area contributed by atoms with Crippen molar-refractivity contribution in [2.24, 2.45) is 0 Å². The fraction of sp³-hybridized carbons (Fsp3) is 0. The number of allylic oxidation sites excluding steroid dienone is 3. The van der Waals surface area contributed by atoms with Crippen molar-refractivity contribution in [3.8, 4) is 6.07 Å². The Morgan fingerprint density at radius 3 is 2.73 bits per heavy atom. The quantitative estimate of drug-likeness (QED) is 0.460. The molecule has 15 heavy (non-hydrogen) atoms. The maximum Gasteiger partial charge on any atom is 0.251 e. The van der Waals surface area contributed by atoms with Gasteiger partial charge in [-0.1, -0.05) is 0 Å². The molecule has 1 aromatic carbocycles. The van der Waals surface area contributed by atoms with Gasteiger partial charge in [-0.05, 0) is 0 Å². The SMILES string of the molecule is [C-]#[N+]/C(C#N)=C(\[C-]=C)c1[c-]cccc1.[Y]. The number of nitrogens with zero attached hydrogens (tertiary/aromatic N) is 2. The summed E-state index contributed by atoms with van der Waals surface area (Å²) in [6.45, 7) is 10.3. The van der Waals surface area contributed by atoms with Crippen LogP contribution in [0, 0.1) is 30.0 Å². The molecule has 0 atom stereocenters. The number of hydrogen-bond acceptors (Lipinski definition) is 1. The van der Waals surface area contributed by atoms with Crippen molar-refractivity contribution in [1.82, 2.24) is 0 Å². The monoisotopic (exact) mass is 267 g/mol. The van der Waals surface area contributed by atoms with Crippen LogP contribution in [0.4, 0.5) is 0 Å². The second-order valence-corrected chi connectivity index (χ2v) is 2.40. The fourth-order valence-electron chi connectivity index (χ4n) is 0.992. The molecular formula is C12H6N2Y-2. The first-order chi connectivity index (χ1) is 6.83. The number of nitriles is 1. The van der Waals surface area contributed by atoms with Gasteiger partial charge in [0, 0.05) is 32.7 Å². The molecule has 2 nitrogen and oxygen atoms in total. The predicted molar refractivity (Wildman–Crippen MR) is 53.3 cm³/mol. The van der Waals surface area contributed by atoms with Gasteiger partial charge in [-0.25, -0.2) is 27.8 Å². The van der Waals surface area contributed by atoms with Crippen molar-refractivity contribution in [1.29, 1.82) is 5.26 Å². The van der Waals surface area contributed by atoms with Crippen LogP contribution in [0.2, 0.25) is 0 Å². The molecule has 0 aliphatic rings. The van der Waals surface area contributed by atoms with Crippen molar-refractivity contribution in [3.05, 3.63) is 65.7 Å². The maximum atomic E-state index is 8.69. The molecule has 0 aliphatic heterocycles. The van der Waals surface area contributed by atoms with Crippen LogP contribution in [-0.4, -0.2) is 0 Å². The third-order valence-electron chi connectivity index (χ3n) is 1.61. The molecule has 1 radical (unpaired) electrons. The van der Waals surface area contributed by atoms with Gasteiger partial charge < -0.3 is 0 Å². The van der Waals surface area contributed by atoms with Crippen LogP contribution in [0.5, 0.6) is 0 Å². The van der Waals surface area contributed by atoms with Crippen molar-refractivity contribution in [3.63, 3.8) is 0 Å². The second-order valence-electron chi connectivity index (χ2n) is 2.40. The first kappa shape index (κ1) is 13.8. The molecule has 0 spiro atoms. The third kappa shape index (κ3) is 3.44. The van der Waals surface area contributed by atoms with Gasteiger partial charge in [0.2, 0.25) is 0 Å². The minimum absolute atomic E-state index is 0. The van der Waals surface area contributed by atoms with E-state index < -0.39 is 0 Å². The standard InChI is InChI=1S/C12H6N2.Y/c1-3-11(12(9-13)14-2)10-7-5-4-6-8-10;/h4-7H,1H2;/q-2;/b12-11+;. The van der Waals surface area contributed by atoms with Crippen molar-refractivity contribution in [2.75, 3.05) is 0 Å². The van der Waals surface area contributed by atoms with E-state index in [0.717, 1.165) is 0 Å². The van der Waals surface area contributed by atoms with Crippen LogP contribution < -0.4 is 0 Å². The summed E-state index contributed by atoms with van der Waals surface area (Å²) in [6.07, 6.45) is 2.58. The average molecular weight is 267 g/mol. The number of rotatable bonds is 2. The first-order valence-corrected chi connectivity index (χ1v) is 3.85. The maximum absolute atomic E-state index is 8.69. The molecule has 69 valence electrons. The zero-order valence-corrected chi connectivity index (χ0v) is 10.8. The van der Waals surface area contributed by atoms with E-state index in [1.807, 2.05) is 12.1 Å². The zero-order valence-electron chi connectivity index (χ0n) is 7.99. The van der Waals surface area contributed by atoms with Crippen molar-refractivity contribution >= 4 is 5.57 Å². The van der Waals surface area contributed by atoms with Gasteiger partial charge in [0.1, 0.15) is 12.6 Å². The van der Waals surface area contributed by atoms with Crippen LogP contribution >= 0.6 is 0 Å². The molecule has 0 aliphatic carbocycles. The van der Waals surface area contributed by atoms with Gasteiger partial charge in [-0.15, -0.1) is 6.07 Å². The number of benzene rings is 1. The molecular weight excluding hydrogens is 261 g/mol. The van der Waals surface area contributed by atoms with Gasteiger partial charge in [0.15, 0.2) is 0 Å². The third-order valence-corrected chi connectivity index (χ3v) is 1.61. The molecule has 0 heterocycles. The van der Waals surface area contributed by atoms with E-state index >= 15 is 0 Å². The predicted octanol–water partition coefficient (Wildman–Crippen LogP) is 2.63. The summed E-state index contributed by atoms with van der Waals surface area (Å²) in [5, 5.41) is 8.69. The number of hydrogen-bond donors (Lipinski definition) is 0. The van der Waals surface area contributed by atoms with Gasteiger partial charge in [-0.2, -0.15) is 30.4 Å². The van der Waals surface area contributed by atoms with Gasteiger partial charge in [0.25, 0.3) is 5.70 Å². The molecule has 1 rings (SSSR count). The van der Waals surface area contributed by atoms with Crippen LogP contribution in [0.3, 0.4) is 0 Å². The van der Waals surface area contributed by atoms with Crippen LogP contribution in [0.25, 0.3) is 10.4 Å². The Balaban J connectivity index is 0.00000196. The largest absolute Gasteiger partial charge is 0.251 e. The minimum atomic E-state index is -0.0116. The Morgan fingerprint density at radius 1 is 1.60 bits per heavy atom. The van der Waals surface area contributed by atoms with E-state index in [-0.39, 0.29) is 38.4 Å². The smallest absolute Gasteiger partial charge is 0.247 e. The topological polar surface area (TPSA) is 28.1 Å². The molecule has 0 fully saturated rings. The van der Waals surface area contributed by atoms with Gasteiger partial charge in [-0.3, -0.25) is 0 Å². The molecule has 0 bridgehead atoms. The molecule has 0 amide bonds. The Kier molecular flexibility index (Phi) is 6.55. The molecule has 0 unspecified atom stereocenters. The molecule has 0 saturated carbocycles. The van der Waals surface area contributed by atoms with Gasteiger partial charge in [0.05, 0.1) is 0 Å². The van der Waals surface area contributed by atoms with E-state index in [1.54, 1.807) is 18.2 Å². The Labute approximate surface area is 115 Å². The van der Waals surface area contributed by atoms with Crippen LogP contribution in [0.15, 0.2) is 36.5 Å². The van der Waals surface area contributed by atoms with E-state index in [4.69, 9.17) is 11.8 Å². The summed E-state index contributed by atoms with van der Waals surface area (Å²) in [7, 11) is 0.